The quantitative estimate of drug-likeness (QED) is 0.236. The first-order valence-electron chi connectivity index (χ1n) is 12.6. The van der Waals surface area contributed by atoms with E-state index >= 15 is 0 Å². The third kappa shape index (κ3) is 3.63. The molecule has 0 N–H and O–H groups in total. The van der Waals surface area contributed by atoms with Crippen molar-refractivity contribution in [2.24, 2.45) is 0 Å². The molecule has 0 saturated heterocycles. The molecule has 0 bridgehead atoms. The second-order valence-corrected chi connectivity index (χ2v) is 9.33. The molecule has 0 radical (unpaired) electrons. The molecule has 166 valence electrons. The van der Waals surface area contributed by atoms with Gasteiger partial charge in [-0.05, 0) is 0 Å². The molecule has 6 rings (SSSR count). The topological polar surface area (TPSA) is 0 Å². The fourth-order valence-corrected chi connectivity index (χ4v) is 5.96. The summed E-state index contributed by atoms with van der Waals surface area (Å²) in [6.45, 7) is 0. The molecule has 5 aromatic rings. The monoisotopic (exact) mass is 452 g/mol. The standard InChI is InChI=1S/C35H25.Li/c1-6-16-27(17-7-1)32-26-35(30-22-12-4-13-23-30,31-24-14-5-15-25-31)34(29-20-10-3-11-21-29)33(32)28-18-8-2-9-19-28;/h1-25H;. The second kappa shape index (κ2) is 9.67. The van der Waals surface area contributed by atoms with Crippen molar-refractivity contribution in [2.45, 2.75) is 5.41 Å². The van der Waals surface area contributed by atoms with Crippen LogP contribution in [0.15, 0.2) is 156 Å². The summed E-state index contributed by atoms with van der Waals surface area (Å²) in [6.07, 6.45) is 0. The summed E-state index contributed by atoms with van der Waals surface area (Å²) in [5.74, 6) is 0. The molecule has 0 atom stereocenters. The fraction of sp³-hybridized carbons (Fsp3) is 0.0286. The maximum absolute atomic E-state index is 2.33. The SMILES string of the molecule is [Li][C]1=C(c2ccccc2)C(c2ccccc2)=C(c2ccccc2)C1(c1ccccc1)c1ccccc1. The first kappa shape index (κ1) is 22.6. The molecule has 1 aliphatic rings. The van der Waals surface area contributed by atoms with Gasteiger partial charge in [0.25, 0.3) is 0 Å². The first-order chi connectivity index (χ1) is 17.8. The van der Waals surface area contributed by atoms with Gasteiger partial charge in [-0.3, -0.25) is 0 Å². The number of hydrogen-bond acceptors (Lipinski definition) is 0. The normalized spacial score (nSPS) is 14.8. The van der Waals surface area contributed by atoms with E-state index in [2.05, 4.69) is 169 Å². The van der Waals surface area contributed by atoms with E-state index < -0.39 is 5.41 Å². The predicted molar refractivity (Wildman–Crippen MR) is 152 cm³/mol. The summed E-state index contributed by atoms with van der Waals surface area (Å²) in [5.41, 5.74) is 9.82. The average Bonchev–Trinajstić information content (AvgIpc) is 3.25. The molecule has 0 aromatic heterocycles. The summed E-state index contributed by atoms with van der Waals surface area (Å²) in [6, 6.07) is 54.7. The van der Waals surface area contributed by atoms with E-state index in [0.717, 1.165) is 0 Å². The Morgan fingerprint density at radius 1 is 0.361 bits per heavy atom. The van der Waals surface area contributed by atoms with Gasteiger partial charge < -0.3 is 0 Å². The molecule has 1 aliphatic carbocycles. The van der Waals surface area contributed by atoms with E-state index in [9.17, 15) is 0 Å². The van der Waals surface area contributed by atoms with Gasteiger partial charge in [0.15, 0.2) is 0 Å². The zero-order chi connectivity index (χ0) is 24.4. The molecule has 0 fully saturated rings. The Labute approximate surface area is 222 Å². The van der Waals surface area contributed by atoms with E-state index in [1.54, 1.807) is 0 Å². The average molecular weight is 453 g/mol. The van der Waals surface area contributed by atoms with E-state index in [4.69, 9.17) is 0 Å². The molecule has 0 nitrogen and oxygen atoms in total. The molecule has 0 heterocycles. The van der Waals surface area contributed by atoms with Gasteiger partial charge in [0.05, 0.1) is 0 Å². The first-order valence-corrected chi connectivity index (χ1v) is 12.6. The van der Waals surface area contributed by atoms with Crippen molar-refractivity contribution in [3.8, 4) is 0 Å². The predicted octanol–water partition coefficient (Wildman–Crippen LogP) is 8.18. The zero-order valence-electron chi connectivity index (χ0n) is 20.4. The van der Waals surface area contributed by atoms with Crippen molar-refractivity contribution in [2.75, 3.05) is 0 Å². The Morgan fingerprint density at radius 3 is 1.11 bits per heavy atom. The van der Waals surface area contributed by atoms with Crippen LogP contribution >= 0.6 is 0 Å². The fourth-order valence-electron chi connectivity index (χ4n) is 5.96. The maximum atomic E-state index is 2.33. The Hall–Kier alpha value is -3.82. The van der Waals surface area contributed by atoms with Crippen LogP contribution in [0.2, 0.25) is 0 Å². The summed E-state index contributed by atoms with van der Waals surface area (Å²) in [4.78, 5) is 0. The summed E-state index contributed by atoms with van der Waals surface area (Å²) < 4.78 is 1.35. The molecule has 0 aliphatic heterocycles. The summed E-state index contributed by atoms with van der Waals surface area (Å²) >= 11 is 2.33. The van der Waals surface area contributed by atoms with Gasteiger partial charge in [-0.15, -0.1) is 0 Å². The van der Waals surface area contributed by atoms with E-state index in [1.165, 1.54) is 48.8 Å². The van der Waals surface area contributed by atoms with Crippen molar-refractivity contribution in [3.05, 3.63) is 184 Å². The molecule has 5 aromatic carbocycles. The van der Waals surface area contributed by atoms with Gasteiger partial charge in [0, 0.05) is 0 Å². The van der Waals surface area contributed by atoms with Gasteiger partial charge >= 0.3 is 224 Å². The van der Waals surface area contributed by atoms with Gasteiger partial charge in [-0.1, -0.05) is 0 Å². The Balaban J connectivity index is 1.85. The van der Waals surface area contributed by atoms with Crippen LogP contribution in [0.5, 0.6) is 0 Å². The van der Waals surface area contributed by atoms with E-state index in [-0.39, 0.29) is 0 Å². The minimum absolute atomic E-state index is 0.430. The van der Waals surface area contributed by atoms with Gasteiger partial charge in [-0.2, -0.15) is 0 Å². The molecule has 0 amide bonds. The molecular weight excluding hydrogens is 427 g/mol. The number of benzene rings is 5. The summed E-state index contributed by atoms with van der Waals surface area (Å²) in [5, 5.41) is 0. The molecule has 1 heteroatoms. The van der Waals surface area contributed by atoms with E-state index in [0.29, 0.717) is 0 Å². The van der Waals surface area contributed by atoms with Crippen molar-refractivity contribution >= 4 is 34.4 Å². The molecule has 0 saturated carbocycles. The molecule has 0 unspecified atom stereocenters. The van der Waals surface area contributed by atoms with Gasteiger partial charge in [0.2, 0.25) is 0 Å². The Bertz CT molecular complexity index is 1490. The van der Waals surface area contributed by atoms with Crippen LogP contribution < -0.4 is 0 Å². The number of rotatable bonds is 5. The third-order valence-corrected chi connectivity index (χ3v) is 7.41. The van der Waals surface area contributed by atoms with Gasteiger partial charge in [0.1, 0.15) is 0 Å². The van der Waals surface area contributed by atoms with Crippen molar-refractivity contribution in [3.63, 3.8) is 0 Å². The second-order valence-electron chi connectivity index (χ2n) is 9.33. The van der Waals surface area contributed by atoms with E-state index in [1.807, 2.05) is 0 Å². The van der Waals surface area contributed by atoms with Crippen molar-refractivity contribution in [1.82, 2.24) is 0 Å². The van der Waals surface area contributed by atoms with Crippen LogP contribution in [0.25, 0.3) is 16.7 Å². The third-order valence-electron chi connectivity index (χ3n) is 7.41. The minimum atomic E-state index is -0.430. The van der Waals surface area contributed by atoms with Gasteiger partial charge in [-0.25, -0.2) is 0 Å². The zero-order valence-corrected chi connectivity index (χ0v) is 20.4. The summed E-state index contributed by atoms with van der Waals surface area (Å²) in [7, 11) is 0. The van der Waals surface area contributed by atoms with Crippen LogP contribution in [0, 0.1) is 0 Å². The molecule has 0 spiro atoms. The number of allylic oxidation sites excluding steroid dienone is 4. The molecule has 36 heavy (non-hydrogen) atoms. The van der Waals surface area contributed by atoms with Crippen LogP contribution in [0.1, 0.15) is 27.8 Å². The number of hydrogen-bond donors (Lipinski definition) is 0. The Morgan fingerprint density at radius 2 is 0.694 bits per heavy atom. The Kier molecular flexibility index (Phi) is 6.08. The molecular formula is C35H25Li. The van der Waals surface area contributed by atoms with Crippen molar-refractivity contribution < 1.29 is 0 Å². The van der Waals surface area contributed by atoms with Crippen molar-refractivity contribution in [1.29, 1.82) is 0 Å². The van der Waals surface area contributed by atoms with Crippen LogP contribution in [-0.2, 0) is 5.41 Å². The van der Waals surface area contributed by atoms with Crippen LogP contribution in [0.4, 0.5) is 0 Å². The van der Waals surface area contributed by atoms with Crippen LogP contribution in [-0.4, -0.2) is 17.7 Å². The van der Waals surface area contributed by atoms with Crippen LogP contribution in [0.3, 0.4) is 0 Å².